The number of aromatic nitrogens is 1. The summed E-state index contributed by atoms with van der Waals surface area (Å²) in [6.45, 7) is 5.08. The van der Waals surface area contributed by atoms with Crippen LogP contribution in [0.15, 0.2) is 10.4 Å². The molecule has 2 heterocycles. The lowest BCUT2D eigenvalue weighted by atomic mass is 10.2. The summed E-state index contributed by atoms with van der Waals surface area (Å²) in [5.74, 6) is 0.886. The first-order chi connectivity index (χ1) is 9.69. The highest BCUT2D eigenvalue weighted by Crippen LogP contribution is 2.13. The number of aryl methyl sites for hydroxylation is 1. The van der Waals surface area contributed by atoms with Crippen molar-refractivity contribution in [3.63, 3.8) is 0 Å². The van der Waals surface area contributed by atoms with E-state index in [9.17, 15) is 0 Å². The minimum absolute atomic E-state index is 0. The van der Waals surface area contributed by atoms with Crippen molar-refractivity contribution in [2.45, 2.75) is 32.2 Å². The van der Waals surface area contributed by atoms with E-state index in [1.807, 2.05) is 14.0 Å². The molecular weight excluding hydrogens is 397 g/mol. The van der Waals surface area contributed by atoms with Crippen molar-refractivity contribution < 1.29 is 0 Å². The Labute approximate surface area is 148 Å². The topological polar surface area (TPSA) is 52.6 Å². The minimum Gasteiger partial charge on any atom is -0.356 e. The van der Waals surface area contributed by atoms with Crippen LogP contribution in [-0.4, -0.2) is 55.6 Å². The molecule has 2 N–H and O–H groups in total. The van der Waals surface area contributed by atoms with E-state index in [0.29, 0.717) is 6.04 Å². The molecule has 1 aliphatic rings. The molecule has 0 aromatic carbocycles. The van der Waals surface area contributed by atoms with Gasteiger partial charge < -0.3 is 15.5 Å². The van der Waals surface area contributed by atoms with E-state index in [1.165, 1.54) is 19.4 Å². The normalized spacial score (nSPS) is 19.4. The highest BCUT2D eigenvalue weighted by molar-refractivity contribution is 14.0. The smallest absolute Gasteiger partial charge is 0.191 e. The lowest BCUT2D eigenvalue weighted by molar-refractivity contribution is 0.309. The van der Waals surface area contributed by atoms with E-state index in [4.69, 9.17) is 0 Å². The zero-order valence-corrected chi connectivity index (χ0v) is 16.2. The van der Waals surface area contributed by atoms with Crippen LogP contribution >= 0.6 is 35.3 Å². The lowest BCUT2D eigenvalue weighted by Gasteiger charge is -2.21. The number of aliphatic imine (C=N–C) groups is 1. The number of rotatable bonds is 5. The van der Waals surface area contributed by atoms with E-state index in [0.717, 1.165) is 36.2 Å². The maximum absolute atomic E-state index is 4.46. The maximum atomic E-state index is 4.46. The predicted octanol–water partition coefficient (Wildman–Crippen LogP) is 1.87. The number of guanidine groups is 1. The van der Waals surface area contributed by atoms with Crippen molar-refractivity contribution in [3.8, 4) is 0 Å². The third kappa shape index (κ3) is 6.07. The van der Waals surface area contributed by atoms with Gasteiger partial charge in [0.15, 0.2) is 5.96 Å². The van der Waals surface area contributed by atoms with Crippen molar-refractivity contribution >= 4 is 41.3 Å². The Morgan fingerprint density at radius 2 is 2.33 bits per heavy atom. The average molecular weight is 423 g/mol. The monoisotopic (exact) mass is 423 g/mol. The maximum Gasteiger partial charge on any atom is 0.191 e. The summed E-state index contributed by atoms with van der Waals surface area (Å²) in [5.41, 5.74) is 1.16. The van der Waals surface area contributed by atoms with Gasteiger partial charge in [0.05, 0.1) is 10.7 Å². The van der Waals surface area contributed by atoms with Gasteiger partial charge in [0, 0.05) is 38.0 Å². The molecular formula is C14H26IN5S. The number of likely N-dealkylation sites (tertiary alicyclic amines) is 1. The number of hydrogen-bond acceptors (Lipinski definition) is 4. The fourth-order valence-electron chi connectivity index (χ4n) is 2.50. The largest absolute Gasteiger partial charge is 0.356 e. The summed E-state index contributed by atoms with van der Waals surface area (Å²) in [7, 11) is 4.01. The molecule has 0 aliphatic carbocycles. The summed E-state index contributed by atoms with van der Waals surface area (Å²) in [4.78, 5) is 11.1. The van der Waals surface area contributed by atoms with Crippen molar-refractivity contribution in [1.82, 2.24) is 20.5 Å². The first-order valence-corrected chi connectivity index (χ1v) is 8.12. The molecule has 1 aromatic rings. The molecule has 0 saturated carbocycles. The Bertz CT molecular complexity index is 448. The molecule has 1 aliphatic heterocycles. The Balaban J connectivity index is 0.00000220. The summed E-state index contributed by atoms with van der Waals surface area (Å²) < 4.78 is 0. The Morgan fingerprint density at radius 1 is 1.52 bits per heavy atom. The van der Waals surface area contributed by atoms with Crippen molar-refractivity contribution in [2.24, 2.45) is 4.99 Å². The number of likely N-dealkylation sites (N-methyl/N-ethyl adjacent to an activating group) is 1. The van der Waals surface area contributed by atoms with Gasteiger partial charge in [-0.25, -0.2) is 4.98 Å². The number of hydrogen-bond donors (Lipinski definition) is 2. The second-order valence-electron chi connectivity index (χ2n) is 5.26. The SMILES string of the molecule is CN=C(NCCc1csc(C)n1)NCC1CCCN1C.I. The molecule has 0 radical (unpaired) electrons. The van der Waals surface area contributed by atoms with Crippen molar-refractivity contribution in [1.29, 1.82) is 0 Å². The van der Waals surface area contributed by atoms with Gasteiger partial charge in [-0.05, 0) is 33.4 Å². The summed E-state index contributed by atoms with van der Waals surface area (Å²) in [5, 5.41) is 10.0. The molecule has 21 heavy (non-hydrogen) atoms. The number of nitrogens with zero attached hydrogens (tertiary/aromatic N) is 3. The van der Waals surface area contributed by atoms with Crippen LogP contribution in [0.1, 0.15) is 23.5 Å². The third-order valence-electron chi connectivity index (χ3n) is 3.74. The standard InChI is InChI=1S/C14H25N5S.HI/c1-11-18-12(10-20-11)6-7-16-14(15-2)17-9-13-5-4-8-19(13)3;/h10,13H,4-9H2,1-3H3,(H2,15,16,17);1H. The second kappa shape index (κ2) is 9.58. The highest BCUT2D eigenvalue weighted by atomic mass is 127. The quantitative estimate of drug-likeness (QED) is 0.432. The molecule has 5 nitrogen and oxygen atoms in total. The van der Waals surface area contributed by atoms with Gasteiger partial charge in [0.2, 0.25) is 0 Å². The van der Waals surface area contributed by atoms with E-state index >= 15 is 0 Å². The van der Waals surface area contributed by atoms with Crippen LogP contribution < -0.4 is 10.6 Å². The average Bonchev–Trinajstić information content (AvgIpc) is 3.03. The van der Waals surface area contributed by atoms with Gasteiger partial charge in [-0.3, -0.25) is 4.99 Å². The van der Waals surface area contributed by atoms with Crippen LogP contribution in [0, 0.1) is 6.92 Å². The number of nitrogens with one attached hydrogen (secondary N) is 2. The van der Waals surface area contributed by atoms with Gasteiger partial charge in [-0.1, -0.05) is 0 Å². The molecule has 1 atom stereocenters. The second-order valence-corrected chi connectivity index (χ2v) is 6.33. The van der Waals surface area contributed by atoms with Crippen LogP contribution in [0.4, 0.5) is 0 Å². The predicted molar refractivity (Wildman–Crippen MR) is 101 cm³/mol. The Hall–Kier alpha value is -0.410. The van der Waals surface area contributed by atoms with Gasteiger partial charge in [-0.2, -0.15) is 0 Å². The van der Waals surface area contributed by atoms with E-state index in [1.54, 1.807) is 11.3 Å². The first-order valence-electron chi connectivity index (χ1n) is 7.25. The molecule has 1 aromatic heterocycles. The van der Waals surface area contributed by atoms with Crippen LogP contribution in [-0.2, 0) is 6.42 Å². The lowest BCUT2D eigenvalue weighted by Crippen LogP contribution is -2.44. The van der Waals surface area contributed by atoms with Gasteiger partial charge in [0.25, 0.3) is 0 Å². The van der Waals surface area contributed by atoms with Gasteiger partial charge in [-0.15, -0.1) is 35.3 Å². The summed E-state index contributed by atoms with van der Waals surface area (Å²) in [6.07, 6.45) is 3.52. The van der Waals surface area contributed by atoms with E-state index in [2.05, 4.69) is 37.9 Å². The van der Waals surface area contributed by atoms with Gasteiger partial charge in [0.1, 0.15) is 0 Å². The molecule has 1 fully saturated rings. The van der Waals surface area contributed by atoms with E-state index in [-0.39, 0.29) is 24.0 Å². The summed E-state index contributed by atoms with van der Waals surface area (Å²) in [6, 6.07) is 0.634. The minimum atomic E-state index is 0. The number of halogens is 1. The molecule has 2 rings (SSSR count). The van der Waals surface area contributed by atoms with Crippen LogP contribution in [0.5, 0.6) is 0 Å². The molecule has 0 spiro atoms. The fourth-order valence-corrected chi connectivity index (χ4v) is 3.15. The highest BCUT2D eigenvalue weighted by Gasteiger charge is 2.20. The van der Waals surface area contributed by atoms with Crippen LogP contribution in [0.25, 0.3) is 0 Å². The Kier molecular flexibility index (Phi) is 8.50. The van der Waals surface area contributed by atoms with Crippen molar-refractivity contribution in [3.05, 3.63) is 16.1 Å². The molecule has 1 saturated heterocycles. The number of thiazole rings is 1. The summed E-state index contributed by atoms with van der Waals surface area (Å²) >= 11 is 1.71. The van der Waals surface area contributed by atoms with Crippen LogP contribution in [0.3, 0.4) is 0 Å². The van der Waals surface area contributed by atoms with E-state index < -0.39 is 0 Å². The van der Waals surface area contributed by atoms with Crippen molar-refractivity contribution in [2.75, 3.05) is 33.7 Å². The molecule has 0 amide bonds. The molecule has 1 unspecified atom stereocenters. The zero-order valence-electron chi connectivity index (χ0n) is 13.1. The molecule has 120 valence electrons. The van der Waals surface area contributed by atoms with Gasteiger partial charge >= 0.3 is 0 Å². The fraction of sp³-hybridized carbons (Fsp3) is 0.714. The zero-order chi connectivity index (χ0) is 14.4. The molecule has 7 heteroatoms. The third-order valence-corrected chi connectivity index (χ3v) is 4.56. The Morgan fingerprint density at radius 3 is 2.90 bits per heavy atom. The van der Waals surface area contributed by atoms with Crippen LogP contribution in [0.2, 0.25) is 0 Å². The molecule has 0 bridgehead atoms. The first kappa shape index (κ1) is 18.6.